The van der Waals surface area contributed by atoms with E-state index in [9.17, 15) is 15.0 Å². The first-order valence-electron chi connectivity index (χ1n) is 6.71. The van der Waals surface area contributed by atoms with Crippen molar-refractivity contribution in [2.24, 2.45) is 0 Å². The zero-order valence-corrected chi connectivity index (χ0v) is 12.1. The van der Waals surface area contributed by atoms with Crippen LogP contribution in [0.1, 0.15) is 31.9 Å². The number of benzene rings is 1. The summed E-state index contributed by atoms with van der Waals surface area (Å²) in [6.07, 6.45) is 0.122. The Balaban J connectivity index is 2.23. The molecule has 20 heavy (non-hydrogen) atoms. The number of aliphatic hydroxyl groups excluding tert-OH is 1. The van der Waals surface area contributed by atoms with Crippen LogP contribution in [-0.4, -0.2) is 39.5 Å². The fraction of sp³-hybridized carbons (Fsp3) is 0.533. The van der Waals surface area contributed by atoms with Crippen LogP contribution in [0, 0.1) is 0 Å². The van der Waals surface area contributed by atoms with E-state index in [2.05, 4.69) is 0 Å². The smallest absolute Gasteiger partial charge is 0.410 e. The van der Waals surface area contributed by atoms with E-state index in [0.717, 1.165) is 11.1 Å². The number of fused-ring (bicyclic) bond motifs is 1. The lowest BCUT2D eigenvalue weighted by Gasteiger charge is -2.36. The average molecular weight is 279 g/mol. The molecule has 1 aromatic carbocycles. The van der Waals surface area contributed by atoms with E-state index in [4.69, 9.17) is 4.74 Å². The third-order valence-corrected chi connectivity index (χ3v) is 3.27. The molecule has 5 nitrogen and oxygen atoms in total. The van der Waals surface area contributed by atoms with Gasteiger partial charge in [-0.3, -0.25) is 4.90 Å². The van der Waals surface area contributed by atoms with Gasteiger partial charge in [0.15, 0.2) is 0 Å². The highest BCUT2D eigenvalue weighted by atomic mass is 16.6. The van der Waals surface area contributed by atoms with E-state index in [1.807, 2.05) is 26.8 Å². The zero-order valence-electron chi connectivity index (χ0n) is 12.1. The number of carbonyl (C=O) groups is 1. The molecular formula is C15H21NO4. The van der Waals surface area contributed by atoms with Crippen molar-refractivity contribution in [3.8, 4) is 5.75 Å². The number of nitrogens with zero attached hydrogens (tertiary/aromatic N) is 1. The predicted octanol–water partition coefficient (Wildman–Crippen LogP) is 2.05. The first-order chi connectivity index (χ1) is 9.30. The number of carbonyl (C=O) groups excluding carboxylic acids is 1. The lowest BCUT2D eigenvalue weighted by Crippen LogP contribution is -2.48. The second-order valence-electron chi connectivity index (χ2n) is 6.10. The van der Waals surface area contributed by atoms with Gasteiger partial charge in [-0.1, -0.05) is 6.07 Å². The molecule has 1 amide bonds. The maximum atomic E-state index is 12.2. The summed E-state index contributed by atoms with van der Waals surface area (Å²) in [7, 11) is 0. The summed E-state index contributed by atoms with van der Waals surface area (Å²) in [6, 6.07) is 4.82. The van der Waals surface area contributed by atoms with Crippen molar-refractivity contribution in [2.75, 3.05) is 6.61 Å². The minimum atomic E-state index is -0.573. The molecule has 110 valence electrons. The van der Waals surface area contributed by atoms with Gasteiger partial charge in [-0.25, -0.2) is 4.79 Å². The molecule has 0 fully saturated rings. The Hall–Kier alpha value is -1.75. The molecule has 2 N–H and O–H groups in total. The average Bonchev–Trinajstić information content (AvgIpc) is 2.35. The number of rotatable bonds is 1. The van der Waals surface area contributed by atoms with E-state index in [-0.39, 0.29) is 18.4 Å². The molecule has 1 aliphatic heterocycles. The molecule has 1 aliphatic rings. The Bertz CT molecular complexity index is 507. The summed E-state index contributed by atoms with van der Waals surface area (Å²) >= 11 is 0. The number of phenolic OH excluding ortho intramolecular Hbond substituents is 1. The Morgan fingerprint density at radius 1 is 1.40 bits per heavy atom. The van der Waals surface area contributed by atoms with Gasteiger partial charge in [-0.15, -0.1) is 0 Å². The second kappa shape index (κ2) is 5.32. The molecule has 0 radical (unpaired) electrons. The first-order valence-corrected chi connectivity index (χ1v) is 6.71. The highest BCUT2D eigenvalue weighted by Crippen LogP contribution is 2.27. The highest BCUT2D eigenvalue weighted by molar-refractivity contribution is 5.69. The van der Waals surface area contributed by atoms with Crippen LogP contribution in [0.2, 0.25) is 0 Å². The summed E-state index contributed by atoms with van der Waals surface area (Å²) in [5.41, 5.74) is 1.36. The molecular weight excluding hydrogens is 258 g/mol. The molecule has 1 heterocycles. The van der Waals surface area contributed by atoms with E-state index in [0.29, 0.717) is 13.0 Å². The van der Waals surface area contributed by atoms with Crippen LogP contribution in [0.3, 0.4) is 0 Å². The van der Waals surface area contributed by atoms with Crippen LogP contribution < -0.4 is 0 Å². The van der Waals surface area contributed by atoms with Crippen molar-refractivity contribution in [2.45, 2.75) is 45.4 Å². The summed E-state index contributed by atoms with van der Waals surface area (Å²) < 4.78 is 5.37. The maximum Gasteiger partial charge on any atom is 0.410 e. The Kier molecular flexibility index (Phi) is 3.90. The summed E-state index contributed by atoms with van der Waals surface area (Å²) in [6.45, 7) is 5.65. The van der Waals surface area contributed by atoms with Gasteiger partial charge >= 0.3 is 6.09 Å². The Morgan fingerprint density at radius 3 is 2.70 bits per heavy atom. The molecule has 0 aromatic heterocycles. The number of phenols is 1. The van der Waals surface area contributed by atoms with Crippen LogP contribution in [-0.2, 0) is 17.7 Å². The van der Waals surface area contributed by atoms with E-state index in [1.165, 1.54) is 4.90 Å². The fourth-order valence-electron chi connectivity index (χ4n) is 2.33. The van der Waals surface area contributed by atoms with Crippen molar-refractivity contribution in [1.82, 2.24) is 4.90 Å². The fourth-order valence-corrected chi connectivity index (χ4v) is 2.33. The van der Waals surface area contributed by atoms with Crippen molar-refractivity contribution >= 4 is 6.09 Å². The third kappa shape index (κ3) is 3.22. The van der Waals surface area contributed by atoms with Gasteiger partial charge < -0.3 is 14.9 Å². The van der Waals surface area contributed by atoms with Crippen LogP contribution >= 0.6 is 0 Å². The largest absolute Gasteiger partial charge is 0.508 e. The van der Waals surface area contributed by atoms with Crippen LogP contribution in [0.25, 0.3) is 0 Å². The number of amides is 1. The standard InChI is InChI=1S/C15H21NO4/c1-15(2,3)20-14(19)16-8-11-7-13(18)5-4-10(11)6-12(16)9-17/h4-5,7,12,17-18H,6,8-9H2,1-3H3/t12-/m0/s1. The molecule has 0 saturated carbocycles. The molecule has 1 aromatic rings. The van der Waals surface area contributed by atoms with Crippen molar-refractivity contribution < 1.29 is 19.7 Å². The summed E-state index contributed by atoms with van der Waals surface area (Å²) in [5.74, 6) is 0.176. The van der Waals surface area contributed by atoms with Crippen molar-refractivity contribution in [3.05, 3.63) is 29.3 Å². The molecule has 0 saturated heterocycles. The lowest BCUT2D eigenvalue weighted by atomic mass is 9.94. The number of hydrogen-bond acceptors (Lipinski definition) is 4. The molecule has 0 bridgehead atoms. The van der Waals surface area contributed by atoms with Gasteiger partial charge in [-0.05, 0) is 50.5 Å². The molecule has 0 unspecified atom stereocenters. The second-order valence-corrected chi connectivity index (χ2v) is 6.10. The quantitative estimate of drug-likeness (QED) is 0.825. The van der Waals surface area contributed by atoms with E-state index < -0.39 is 11.7 Å². The monoisotopic (exact) mass is 279 g/mol. The van der Waals surface area contributed by atoms with E-state index >= 15 is 0 Å². The topological polar surface area (TPSA) is 70.0 Å². The maximum absolute atomic E-state index is 12.2. The molecule has 0 aliphatic carbocycles. The summed E-state index contributed by atoms with van der Waals surface area (Å²) in [5, 5.41) is 19.0. The van der Waals surface area contributed by atoms with Crippen LogP contribution in [0.15, 0.2) is 18.2 Å². The predicted molar refractivity (Wildman–Crippen MR) is 74.5 cm³/mol. The van der Waals surface area contributed by atoms with Gasteiger partial charge in [0.1, 0.15) is 11.4 Å². The zero-order chi connectivity index (χ0) is 14.9. The van der Waals surface area contributed by atoms with Gasteiger partial charge in [0.05, 0.1) is 12.6 Å². The minimum absolute atomic E-state index is 0.112. The summed E-state index contributed by atoms with van der Waals surface area (Å²) in [4.78, 5) is 13.7. The highest BCUT2D eigenvalue weighted by Gasteiger charge is 2.32. The first kappa shape index (κ1) is 14.7. The van der Waals surface area contributed by atoms with E-state index in [1.54, 1.807) is 12.1 Å². The molecule has 1 atom stereocenters. The molecule has 2 rings (SSSR count). The number of ether oxygens (including phenoxy) is 1. The molecule has 0 spiro atoms. The SMILES string of the molecule is CC(C)(C)OC(=O)N1Cc2cc(O)ccc2C[C@H]1CO. The normalized spacial score (nSPS) is 18.6. The number of aromatic hydroxyl groups is 1. The van der Waals surface area contributed by atoms with Crippen LogP contribution in [0.4, 0.5) is 4.79 Å². The van der Waals surface area contributed by atoms with Crippen LogP contribution in [0.5, 0.6) is 5.75 Å². The minimum Gasteiger partial charge on any atom is -0.508 e. The lowest BCUT2D eigenvalue weighted by molar-refractivity contribution is 0.00458. The number of aliphatic hydroxyl groups is 1. The van der Waals surface area contributed by atoms with Crippen molar-refractivity contribution in [1.29, 1.82) is 0 Å². The Morgan fingerprint density at radius 2 is 2.10 bits per heavy atom. The van der Waals surface area contributed by atoms with Gasteiger partial charge in [0, 0.05) is 6.54 Å². The number of hydrogen-bond donors (Lipinski definition) is 2. The third-order valence-electron chi connectivity index (χ3n) is 3.27. The molecule has 5 heteroatoms. The van der Waals surface area contributed by atoms with Gasteiger partial charge in [-0.2, -0.15) is 0 Å². The van der Waals surface area contributed by atoms with Gasteiger partial charge in [0.2, 0.25) is 0 Å². The van der Waals surface area contributed by atoms with Gasteiger partial charge in [0.25, 0.3) is 0 Å². The Labute approximate surface area is 118 Å². The van der Waals surface area contributed by atoms with Crippen molar-refractivity contribution in [3.63, 3.8) is 0 Å².